The number of benzene rings is 2. The van der Waals surface area contributed by atoms with Crippen molar-refractivity contribution in [3.63, 3.8) is 0 Å². The van der Waals surface area contributed by atoms with Crippen molar-refractivity contribution in [1.82, 2.24) is 51.8 Å². The number of aromatic nitrogens is 3. The highest BCUT2D eigenvalue weighted by molar-refractivity contribution is 7.98. The number of carboxylic acid groups (broad SMARTS) is 1. The summed E-state index contributed by atoms with van der Waals surface area (Å²) in [6, 6.07) is 5.74. The monoisotopic (exact) mass is 1020 g/mol. The summed E-state index contributed by atoms with van der Waals surface area (Å²) in [6.07, 6.45) is 5.89. The van der Waals surface area contributed by atoms with E-state index in [2.05, 4.69) is 46.9 Å². The van der Waals surface area contributed by atoms with Gasteiger partial charge < -0.3 is 67.8 Å². The number of fused-ring (bicyclic) bond motifs is 1. The fourth-order valence-electron chi connectivity index (χ4n) is 8.41. The number of imidazole rings is 1. The molecule has 7 amide bonds. The lowest BCUT2D eigenvalue weighted by Crippen LogP contribution is -2.62. The van der Waals surface area contributed by atoms with Crippen LogP contribution >= 0.6 is 11.8 Å². The molecule has 1 saturated heterocycles. The summed E-state index contributed by atoms with van der Waals surface area (Å²) in [5.74, 6) is -6.51. The number of thioether (sulfide) groups is 1. The van der Waals surface area contributed by atoms with Crippen LogP contribution in [-0.2, 0) is 57.6 Å². The second-order valence-electron chi connectivity index (χ2n) is 18.3. The minimum absolute atomic E-state index is 0.0159. The molecule has 13 N–H and O–H groups in total. The molecular formula is C49H67N11O11S. The Morgan fingerprint density at radius 3 is 2.04 bits per heavy atom. The van der Waals surface area contributed by atoms with E-state index in [1.807, 2.05) is 30.5 Å². The number of hydrogen-bond acceptors (Lipinski definition) is 13. The Kier molecular flexibility index (Phi) is 21.1. The van der Waals surface area contributed by atoms with E-state index in [4.69, 9.17) is 5.73 Å². The van der Waals surface area contributed by atoms with Gasteiger partial charge in [0.25, 0.3) is 0 Å². The van der Waals surface area contributed by atoms with Gasteiger partial charge in [-0.3, -0.25) is 33.6 Å². The van der Waals surface area contributed by atoms with Gasteiger partial charge in [0.15, 0.2) is 0 Å². The predicted molar refractivity (Wildman–Crippen MR) is 268 cm³/mol. The first-order chi connectivity index (χ1) is 34.4. The molecule has 5 rings (SSSR count). The molecule has 2 aromatic heterocycles. The number of carboxylic acids is 1. The molecular weight excluding hydrogens is 951 g/mol. The van der Waals surface area contributed by atoms with E-state index in [1.165, 1.54) is 36.1 Å². The molecule has 2 aromatic carbocycles. The van der Waals surface area contributed by atoms with Crippen molar-refractivity contribution < 1.29 is 53.7 Å². The molecule has 0 saturated carbocycles. The number of aliphatic hydroxyl groups excluding tert-OH is 2. The highest BCUT2D eigenvalue weighted by Gasteiger charge is 2.41. The Morgan fingerprint density at radius 1 is 0.778 bits per heavy atom. The van der Waals surface area contributed by atoms with Crippen molar-refractivity contribution in [3.05, 3.63) is 90.1 Å². The molecule has 0 spiro atoms. The van der Waals surface area contributed by atoms with Gasteiger partial charge in [-0.2, -0.15) is 11.8 Å². The van der Waals surface area contributed by atoms with Gasteiger partial charge in [0.05, 0.1) is 25.1 Å². The third-order valence-corrected chi connectivity index (χ3v) is 12.9. The number of carbonyl (C=O) groups excluding carboxylic acids is 7. The highest BCUT2D eigenvalue weighted by atomic mass is 32.2. The van der Waals surface area contributed by atoms with Crippen molar-refractivity contribution in [1.29, 1.82) is 0 Å². The second kappa shape index (κ2) is 27.1. The van der Waals surface area contributed by atoms with Gasteiger partial charge >= 0.3 is 5.97 Å². The molecule has 22 nitrogen and oxygen atoms in total. The maximum absolute atomic E-state index is 14.5. The molecule has 4 aromatic rings. The van der Waals surface area contributed by atoms with Crippen LogP contribution in [0, 0.1) is 5.92 Å². The fraction of sp³-hybridized carbons (Fsp3) is 0.490. The highest BCUT2D eigenvalue weighted by Crippen LogP contribution is 2.22. The number of carbonyl (C=O) groups is 8. The van der Waals surface area contributed by atoms with E-state index >= 15 is 0 Å². The summed E-state index contributed by atoms with van der Waals surface area (Å²) < 4.78 is 0. The average molecular weight is 1020 g/mol. The Morgan fingerprint density at radius 2 is 1.40 bits per heavy atom. The second-order valence-corrected chi connectivity index (χ2v) is 19.3. The van der Waals surface area contributed by atoms with Crippen LogP contribution in [0.2, 0.25) is 0 Å². The number of aliphatic hydroxyl groups is 2. The first-order valence-corrected chi connectivity index (χ1v) is 25.2. The standard InChI is InChI=1S/C49H67N11O11S/c1-27(2)19-36(43(64)58-39(25-61)49(70)71)56-44(65)37(20-29-11-6-5-7-12-29)57-47(68)41(28(3)62)59-46(67)40-15-10-17-60(40)48(69)35(16-18-72-4)54-45(66)38(22-31-24-51-26-53-31)55-42(63)33(50)21-30-23-52-34-14-9-8-13-32(30)34/h5-9,11-14,23-24,26-28,33,35-41,52,61-62H,10,15-22,25,50H2,1-4H3,(H,51,53)(H,54,66)(H,55,63)(H,56,65)(H,57,68)(H,58,64)(H,59,67)(H,70,71)/t28-,33-,35-,36-,37-,38-,39+,40+,41-/m1/s1. The lowest BCUT2D eigenvalue weighted by molar-refractivity contribution is -0.143. The van der Waals surface area contributed by atoms with E-state index in [0.29, 0.717) is 23.4 Å². The quantitative estimate of drug-likeness (QED) is 0.0355. The molecule has 9 atom stereocenters. The zero-order valence-corrected chi connectivity index (χ0v) is 41.6. The number of likely N-dealkylation sites (tertiary alicyclic amines) is 1. The van der Waals surface area contributed by atoms with E-state index in [0.717, 1.165) is 16.5 Å². The van der Waals surface area contributed by atoms with Crippen molar-refractivity contribution in [2.75, 3.05) is 25.2 Å². The summed E-state index contributed by atoms with van der Waals surface area (Å²) in [5.41, 5.74) is 9.23. The molecule has 390 valence electrons. The van der Waals surface area contributed by atoms with E-state index in [9.17, 15) is 53.7 Å². The Hall–Kier alpha value is -6.82. The molecule has 3 heterocycles. The molecule has 72 heavy (non-hydrogen) atoms. The fourth-order valence-corrected chi connectivity index (χ4v) is 8.88. The van der Waals surface area contributed by atoms with Crippen LogP contribution in [0.3, 0.4) is 0 Å². The number of aliphatic carboxylic acids is 1. The number of rotatable bonds is 27. The van der Waals surface area contributed by atoms with E-state index in [-0.39, 0.29) is 51.0 Å². The van der Waals surface area contributed by atoms with Crippen LogP contribution in [0.4, 0.5) is 0 Å². The summed E-state index contributed by atoms with van der Waals surface area (Å²) in [6.45, 7) is 4.04. The third-order valence-electron chi connectivity index (χ3n) is 12.2. The lowest BCUT2D eigenvalue weighted by atomic mass is 10.0. The number of H-pyrrole nitrogens is 2. The molecule has 0 radical (unpaired) electrons. The minimum atomic E-state index is -1.64. The summed E-state index contributed by atoms with van der Waals surface area (Å²) >= 11 is 1.43. The van der Waals surface area contributed by atoms with Gasteiger partial charge in [0.2, 0.25) is 41.4 Å². The molecule has 0 aliphatic carbocycles. The first-order valence-electron chi connectivity index (χ1n) is 23.9. The number of nitrogens with one attached hydrogen (secondary N) is 8. The maximum Gasteiger partial charge on any atom is 0.328 e. The lowest BCUT2D eigenvalue weighted by Gasteiger charge is -2.31. The van der Waals surface area contributed by atoms with E-state index < -0.39 is 108 Å². The van der Waals surface area contributed by atoms with Gasteiger partial charge in [-0.15, -0.1) is 0 Å². The van der Waals surface area contributed by atoms with Crippen molar-refractivity contribution in [2.24, 2.45) is 11.7 Å². The number of nitrogens with zero attached hydrogens (tertiary/aromatic N) is 2. The molecule has 0 bridgehead atoms. The van der Waals surface area contributed by atoms with E-state index in [1.54, 1.807) is 50.4 Å². The SMILES string of the molecule is CSCC[C@@H](NC(=O)[C@@H](Cc1cnc[nH]1)NC(=O)[C@H](N)Cc1c[nH]c2ccccc12)C(=O)N1CCC[C@H]1C(=O)N[C@@H](C(=O)N[C@H](Cc1ccccc1)C(=O)N[C@H](CC(C)C)C(=O)N[C@@H](CO)C(=O)O)[C@@H](C)O. The topological polar surface area (TPSA) is 343 Å². The first kappa shape index (κ1) is 56.1. The molecule has 1 aliphatic rings. The largest absolute Gasteiger partial charge is 0.480 e. The number of hydrogen-bond donors (Lipinski definition) is 12. The molecule has 1 aliphatic heterocycles. The predicted octanol–water partition coefficient (Wildman–Crippen LogP) is -0.597. The van der Waals surface area contributed by atoms with Crippen molar-refractivity contribution in [2.45, 2.75) is 120 Å². The zero-order chi connectivity index (χ0) is 52.5. The van der Waals surface area contributed by atoms with Crippen LogP contribution in [0.1, 0.15) is 63.3 Å². The number of amides is 7. The maximum atomic E-state index is 14.5. The summed E-state index contributed by atoms with van der Waals surface area (Å²) in [5, 5.41) is 46.3. The molecule has 0 unspecified atom stereocenters. The van der Waals surface area contributed by atoms with Crippen LogP contribution < -0.4 is 37.6 Å². The molecule has 1 fully saturated rings. The van der Waals surface area contributed by atoms with Crippen LogP contribution in [-0.4, -0.2) is 162 Å². The smallest absolute Gasteiger partial charge is 0.328 e. The minimum Gasteiger partial charge on any atom is -0.480 e. The van der Waals surface area contributed by atoms with Crippen LogP contribution in [0.5, 0.6) is 0 Å². The van der Waals surface area contributed by atoms with Crippen LogP contribution in [0.15, 0.2) is 73.3 Å². The van der Waals surface area contributed by atoms with Gasteiger partial charge in [-0.1, -0.05) is 62.4 Å². The third kappa shape index (κ3) is 15.8. The van der Waals surface area contributed by atoms with Crippen molar-refractivity contribution >= 4 is 70.0 Å². The van der Waals surface area contributed by atoms with Gasteiger partial charge in [0.1, 0.15) is 42.3 Å². The Bertz CT molecular complexity index is 2470. The molecule has 23 heteroatoms. The van der Waals surface area contributed by atoms with Gasteiger partial charge in [0, 0.05) is 48.4 Å². The van der Waals surface area contributed by atoms with Gasteiger partial charge in [-0.05, 0) is 74.1 Å². The number of nitrogens with two attached hydrogens (primary N) is 1. The number of aromatic amines is 2. The van der Waals surface area contributed by atoms with Crippen molar-refractivity contribution in [3.8, 4) is 0 Å². The van der Waals surface area contributed by atoms with Gasteiger partial charge in [-0.25, -0.2) is 9.78 Å². The normalized spacial score (nSPS) is 16.8. The average Bonchev–Trinajstić information content (AvgIpc) is 4.15. The number of para-hydroxylation sites is 1. The Balaban J connectivity index is 1.30. The zero-order valence-electron chi connectivity index (χ0n) is 40.8. The summed E-state index contributed by atoms with van der Waals surface area (Å²) in [4.78, 5) is 121. The Labute approximate surface area is 421 Å². The summed E-state index contributed by atoms with van der Waals surface area (Å²) in [7, 11) is 0. The van der Waals surface area contributed by atoms with Crippen LogP contribution in [0.25, 0.3) is 10.9 Å².